The number of rotatable bonds is 10. The highest BCUT2D eigenvalue weighted by Crippen LogP contribution is 2.28. The van der Waals surface area contributed by atoms with Gasteiger partial charge >= 0.3 is 5.97 Å². The highest BCUT2D eigenvalue weighted by molar-refractivity contribution is 7.20. The third-order valence-corrected chi connectivity index (χ3v) is 8.75. The van der Waals surface area contributed by atoms with E-state index >= 15 is 0 Å². The second-order valence-corrected chi connectivity index (χ2v) is 12.0. The summed E-state index contributed by atoms with van der Waals surface area (Å²) >= 11 is 1.24. The summed E-state index contributed by atoms with van der Waals surface area (Å²) in [6.45, 7) is 4.96. The topological polar surface area (TPSA) is 160 Å². The normalized spacial score (nSPS) is 17.2. The predicted molar refractivity (Wildman–Crippen MR) is 166 cm³/mol. The van der Waals surface area contributed by atoms with Crippen molar-refractivity contribution in [2.45, 2.75) is 50.1 Å². The second kappa shape index (κ2) is 15.1. The van der Waals surface area contributed by atoms with E-state index in [1.807, 2.05) is 36.4 Å². The molecular weight excluding hydrogens is 554 g/mol. The Labute approximate surface area is 250 Å². The van der Waals surface area contributed by atoms with Crippen molar-refractivity contribution in [2.24, 2.45) is 5.73 Å². The summed E-state index contributed by atoms with van der Waals surface area (Å²) in [5, 5.41) is 15.6. The summed E-state index contributed by atoms with van der Waals surface area (Å²) in [4.78, 5) is 39.0. The number of nitrogens with two attached hydrogens (primary N) is 2. The van der Waals surface area contributed by atoms with Crippen molar-refractivity contribution in [3.8, 4) is 0 Å². The number of benzene rings is 2. The van der Waals surface area contributed by atoms with E-state index in [4.69, 9.17) is 21.3 Å². The highest BCUT2D eigenvalue weighted by Gasteiger charge is 2.38. The van der Waals surface area contributed by atoms with Crippen LogP contribution in [0.4, 0.5) is 5.69 Å². The monoisotopic (exact) mass is 595 g/mol. The number of nitrogens with one attached hydrogen (secondary N) is 2. The van der Waals surface area contributed by atoms with E-state index in [2.05, 4.69) is 15.5 Å². The van der Waals surface area contributed by atoms with E-state index in [0.29, 0.717) is 36.4 Å². The third kappa shape index (κ3) is 8.99. The average molecular weight is 596 g/mol. The SMILES string of the molecule is NC1(C(=O)N[C@H](Cc2ccccc2)C(=O)NCCCN2CCOCC2)CCCC1.Nc1ccc2cc(C(=O)O)sc2c1. The Kier molecular flexibility index (Phi) is 11.3. The van der Waals surface area contributed by atoms with Crippen LogP contribution in [0, 0.1) is 0 Å². The van der Waals surface area contributed by atoms with Crippen molar-refractivity contribution in [1.82, 2.24) is 15.5 Å². The molecule has 2 aliphatic rings. The lowest BCUT2D eigenvalue weighted by atomic mass is 9.96. The lowest BCUT2D eigenvalue weighted by Gasteiger charge is -2.27. The van der Waals surface area contributed by atoms with Gasteiger partial charge in [0, 0.05) is 36.4 Å². The van der Waals surface area contributed by atoms with Gasteiger partial charge in [-0.2, -0.15) is 0 Å². The third-order valence-electron chi connectivity index (χ3n) is 7.66. The summed E-state index contributed by atoms with van der Waals surface area (Å²) in [7, 11) is 0. The molecular formula is C31H41N5O5S. The number of carbonyl (C=O) groups is 3. The molecule has 2 heterocycles. The zero-order valence-corrected chi connectivity index (χ0v) is 24.7. The van der Waals surface area contributed by atoms with Gasteiger partial charge in [-0.15, -0.1) is 11.3 Å². The number of carbonyl (C=O) groups excluding carboxylic acids is 2. The maximum Gasteiger partial charge on any atom is 0.345 e. The molecule has 1 aromatic heterocycles. The summed E-state index contributed by atoms with van der Waals surface area (Å²) in [6, 6.07) is 16.2. The van der Waals surface area contributed by atoms with Crippen LogP contribution in [-0.4, -0.2) is 78.8 Å². The molecule has 0 unspecified atom stereocenters. The van der Waals surface area contributed by atoms with E-state index in [1.165, 1.54) is 11.3 Å². The van der Waals surface area contributed by atoms with Crippen LogP contribution in [-0.2, 0) is 20.7 Å². The predicted octanol–water partition coefficient (Wildman–Crippen LogP) is 3.01. The molecule has 5 rings (SSSR count). The average Bonchev–Trinajstić information content (AvgIpc) is 3.63. The first-order valence-electron chi connectivity index (χ1n) is 14.5. The van der Waals surface area contributed by atoms with Gasteiger partial charge in [-0.3, -0.25) is 14.5 Å². The smallest absolute Gasteiger partial charge is 0.345 e. The minimum absolute atomic E-state index is 0.147. The molecule has 10 nitrogen and oxygen atoms in total. The molecule has 1 aliphatic heterocycles. The van der Waals surface area contributed by atoms with Gasteiger partial charge in [-0.05, 0) is 55.0 Å². The van der Waals surface area contributed by atoms with Crippen molar-refractivity contribution in [3.05, 3.63) is 65.0 Å². The first kappa shape index (κ1) is 31.4. The van der Waals surface area contributed by atoms with Crippen LogP contribution in [0.15, 0.2) is 54.6 Å². The Morgan fingerprint density at radius 1 is 1.05 bits per heavy atom. The van der Waals surface area contributed by atoms with Crippen LogP contribution < -0.4 is 22.1 Å². The van der Waals surface area contributed by atoms with Gasteiger partial charge in [0.15, 0.2) is 0 Å². The van der Waals surface area contributed by atoms with Gasteiger partial charge in [0.1, 0.15) is 10.9 Å². The van der Waals surface area contributed by atoms with Gasteiger partial charge in [0.25, 0.3) is 0 Å². The number of morpholine rings is 1. The zero-order valence-electron chi connectivity index (χ0n) is 23.8. The maximum absolute atomic E-state index is 12.9. The van der Waals surface area contributed by atoms with Crippen molar-refractivity contribution in [2.75, 3.05) is 45.1 Å². The molecule has 3 aromatic rings. The highest BCUT2D eigenvalue weighted by atomic mass is 32.1. The Morgan fingerprint density at radius 2 is 1.76 bits per heavy atom. The molecule has 11 heteroatoms. The van der Waals surface area contributed by atoms with E-state index in [-0.39, 0.29) is 11.8 Å². The first-order valence-corrected chi connectivity index (χ1v) is 15.3. The Morgan fingerprint density at radius 3 is 2.45 bits per heavy atom. The van der Waals surface area contributed by atoms with E-state index in [9.17, 15) is 14.4 Å². The van der Waals surface area contributed by atoms with Crippen LogP contribution in [0.1, 0.15) is 47.3 Å². The molecule has 42 heavy (non-hydrogen) atoms. The molecule has 2 amide bonds. The summed E-state index contributed by atoms with van der Waals surface area (Å²) in [5.41, 5.74) is 12.7. The minimum Gasteiger partial charge on any atom is -0.477 e. The van der Waals surface area contributed by atoms with Gasteiger partial charge < -0.3 is 31.9 Å². The number of carboxylic acid groups (broad SMARTS) is 1. The standard InChI is InChI=1S/C22H34N4O3.C9H7NO2S/c23-22(9-4-5-10-22)21(28)25-19(17-18-7-2-1-3-8-18)20(27)24-11-6-12-26-13-15-29-16-14-26;10-6-2-1-5-3-8(9(11)12)13-7(5)4-6/h1-3,7-8,19H,4-6,9-17,23H2,(H,24,27)(H,25,28);1-4H,10H2,(H,11,12)/t19-;/m1./s1. The van der Waals surface area contributed by atoms with Crippen LogP contribution in [0.3, 0.4) is 0 Å². The van der Waals surface area contributed by atoms with Crippen molar-refractivity contribution in [1.29, 1.82) is 0 Å². The second-order valence-electron chi connectivity index (χ2n) is 10.9. The molecule has 1 saturated heterocycles. The number of nitrogen functional groups attached to an aromatic ring is 1. The van der Waals surface area contributed by atoms with Gasteiger partial charge in [0.05, 0.1) is 18.8 Å². The number of fused-ring (bicyclic) bond motifs is 1. The summed E-state index contributed by atoms with van der Waals surface area (Å²) < 4.78 is 6.27. The number of thiophene rings is 1. The van der Waals surface area contributed by atoms with Gasteiger partial charge in [-0.25, -0.2) is 4.79 Å². The zero-order chi connectivity index (χ0) is 30.0. The summed E-state index contributed by atoms with van der Waals surface area (Å²) in [5.74, 6) is -1.25. The molecule has 2 aromatic carbocycles. The van der Waals surface area contributed by atoms with Crippen LogP contribution >= 0.6 is 11.3 Å². The molecule has 1 atom stereocenters. The first-order chi connectivity index (χ1) is 20.2. The molecule has 226 valence electrons. The van der Waals surface area contributed by atoms with Crippen molar-refractivity contribution >= 4 is 44.9 Å². The number of aromatic carboxylic acids is 1. The van der Waals surface area contributed by atoms with Crippen LogP contribution in [0.25, 0.3) is 10.1 Å². The van der Waals surface area contributed by atoms with Crippen LogP contribution in [0.5, 0.6) is 0 Å². The lowest BCUT2D eigenvalue weighted by Crippen LogP contribution is -2.58. The quantitative estimate of drug-likeness (QED) is 0.177. The van der Waals surface area contributed by atoms with Crippen molar-refractivity contribution < 1.29 is 24.2 Å². The molecule has 0 bridgehead atoms. The number of hydrogen-bond donors (Lipinski definition) is 5. The Hall–Kier alpha value is -3.51. The fourth-order valence-electron chi connectivity index (χ4n) is 5.21. The Bertz CT molecular complexity index is 1340. The fraction of sp³-hybridized carbons (Fsp3) is 0.452. The van der Waals surface area contributed by atoms with E-state index < -0.39 is 17.6 Å². The largest absolute Gasteiger partial charge is 0.477 e. The minimum atomic E-state index is -0.889. The molecule has 7 N–H and O–H groups in total. The number of hydrogen-bond acceptors (Lipinski definition) is 8. The van der Waals surface area contributed by atoms with Gasteiger partial charge in [-0.1, -0.05) is 49.2 Å². The fourth-order valence-corrected chi connectivity index (χ4v) is 6.16. The Balaban J connectivity index is 0.000000258. The number of carboxylic acids is 1. The van der Waals surface area contributed by atoms with E-state index in [1.54, 1.807) is 18.2 Å². The number of amides is 2. The number of ether oxygens (including phenoxy) is 1. The molecule has 0 spiro atoms. The molecule has 2 fully saturated rings. The maximum atomic E-state index is 12.9. The van der Waals surface area contributed by atoms with E-state index in [0.717, 1.165) is 67.8 Å². The number of anilines is 1. The summed E-state index contributed by atoms with van der Waals surface area (Å²) in [6.07, 6.45) is 4.61. The molecule has 0 radical (unpaired) electrons. The van der Waals surface area contributed by atoms with Gasteiger partial charge in [0.2, 0.25) is 11.8 Å². The van der Waals surface area contributed by atoms with Crippen molar-refractivity contribution in [3.63, 3.8) is 0 Å². The molecule has 1 aliphatic carbocycles. The number of nitrogens with zero attached hydrogens (tertiary/aromatic N) is 1. The van der Waals surface area contributed by atoms with Crippen LogP contribution in [0.2, 0.25) is 0 Å². The molecule has 1 saturated carbocycles. The lowest BCUT2D eigenvalue weighted by molar-refractivity contribution is -0.131.